The second kappa shape index (κ2) is 7.14. The number of rotatable bonds is 6. The molecule has 1 aromatic rings. The predicted octanol–water partition coefficient (Wildman–Crippen LogP) is 2.97. The molecule has 1 saturated heterocycles. The minimum Gasteiger partial charge on any atom is -0.379 e. The van der Waals surface area contributed by atoms with Crippen LogP contribution in [0.2, 0.25) is 0 Å². The molecule has 1 aromatic heterocycles. The lowest BCUT2D eigenvalue weighted by Crippen LogP contribution is -2.36. The Morgan fingerprint density at radius 2 is 1.88 bits per heavy atom. The largest absolute Gasteiger partial charge is 0.379 e. The van der Waals surface area contributed by atoms with Gasteiger partial charge in [0.2, 0.25) is 0 Å². The van der Waals surface area contributed by atoms with Gasteiger partial charge in [-0.1, -0.05) is 13.3 Å². The van der Waals surface area contributed by atoms with Gasteiger partial charge in [-0.05, 0) is 37.9 Å². The molecule has 0 unspecified atom stereocenters. The summed E-state index contributed by atoms with van der Waals surface area (Å²) in [4.78, 5) is 5.62. The van der Waals surface area contributed by atoms with Crippen molar-refractivity contribution in [3.05, 3.63) is 21.9 Å². The van der Waals surface area contributed by atoms with E-state index in [0.29, 0.717) is 0 Å². The van der Waals surface area contributed by atoms with E-state index in [4.69, 9.17) is 4.74 Å². The molecule has 2 nitrogen and oxygen atoms in total. The van der Waals surface area contributed by atoms with Crippen molar-refractivity contribution < 1.29 is 4.74 Å². The Kier molecular flexibility index (Phi) is 5.49. The summed E-state index contributed by atoms with van der Waals surface area (Å²) < 4.78 is 5.35. The number of thiophene rings is 1. The maximum Gasteiger partial charge on any atom is 0.0594 e. The fraction of sp³-hybridized carbons (Fsp3) is 0.714. The number of nitrogens with zero attached hydrogens (tertiary/aromatic N) is 1. The minimum atomic E-state index is 0.916. The van der Waals surface area contributed by atoms with Crippen LogP contribution >= 0.6 is 11.3 Å². The van der Waals surface area contributed by atoms with Crippen LogP contribution in [-0.4, -0.2) is 37.7 Å². The highest BCUT2D eigenvalue weighted by Crippen LogP contribution is 2.19. The Morgan fingerprint density at radius 1 is 1.18 bits per heavy atom. The molecule has 96 valence electrons. The topological polar surface area (TPSA) is 12.5 Å². The fourth-order valence-electron chi connectivity index (χ4n) is 2.24. The van der Waals surface area contributed by atoms with E-state index in [1.165, 1.54) is 32.2 Å². The normalized spacial score (nSPS) is 17.5. The summed E-state index contributed by atoms with van der Waals surface area (Å²) >= 11 is 2.00. The number of morpholine rings is 1. The van der Waals surface area contributed by atoms with Crippen molar-refractivity contribution in [1.29, 1.82) is 0 Å². The van der Waals surface area contributed by atoms with Crippen LogP contribution in [0.1, 0.15) is 29.5 Å². The molecule has 17 heavy (non-hydrogen) atoms. The van der Waals surface area contributed by atoms with Gasteiger partial charge < -0.3 is 4.74 Å². The van der Waals surface area contributed by atoms with Crippen molar-refractivity contribution in [2.45, 2.75) is 32.6 Å². The number of ether oxygens (including phenoxy) is 1. The fourth-order valence-corrected chi connectivity index (χ4v) is 3.40. The number of hydrogen-bond acceptors (Lipinski definition) is 3. The Morgan fingerprint density at radius 3 is 2.59 bits per heavy atom. The molecule has 0 aromatic carbocycles. The molecular formula is C14H23NOS. The monoisotopic (exact) mass is 253 g/mol. The zero-order chi connectivity index (χ0) is 11.9. The summed E-state index contributed by atoms with van der Waals surface area (Å²) in [5, 5.41) is 0. The van der Waals surface area contributed by atoms with Crippen LogP contribution in [0.3, 0.4) is 0 Å². The first-order valence-corrected chi connectivity index (χ1v) is 7.58. The predicted molar refractivity (Wildman–Crippen MR) is 73.9 cm³/mol. The molecule has 0 amide bonds. The van der Waals surface area contributed by atoms with Crippen LogP contribution in [0.15, 0.2) is 12.1 Å². The highest BCUT2D eigenvalue weighted by molar-refractivity contribution is 7.11. The molecule has 2 rings (SSSR count). The molecule has 0 atom stereocenters. The van der Waals surface area contributed by atoms with Crippen molar-refractivity contribution in [2.24, 2.45) is 0 Å². The lowest BCUT2D eigenvalue weighted by Gasteiger charge is -2.26. The van der Waals surface area contributed by atoms with Crippen molar-refractivity contribution in [3.8, 4) is 0 Å². The van der Waals surface area contributed by atoms with Gasteiger partial charge in [-0.2, -0.15) is 0 Å². The van der Waals surface area contributed by atoms with Crippen molar-refractivity contribution >= 4 is 11.3 Å². The van der Waals surface area contributed by atoms with E-state index < -0.39 is 0 Å². The number of aryl methyl sites for hydroxylation is 2. The maximum atomic E-state index is 5.35. The second-order valence-corrected chi connectivity index (χ2v) is 5.93. The lowest BCUT2D eigenvalue weighted by molar-refractivity contribution is 0.0375. The Balaban J connectivity index is 1.66. The van der Waals surface area contributed by atoms with E-state index in [9.17, 15) is 0 Å². The Bertz CT molecular complexity index is 318. The van der Waals surface area contributed by atoms with E-state index in [-0.39, 0.29) is 0 Å². The number of hydrogen-bond donors (Lipinski definition) is 0. The lowest BCUT2D eigenvalue weighted by atomic mass is 10.2. The van der Waals surface area contributed by atoms with Gasteiger partial charge in [-0.3, -0.25) is 4.90 Å². The van der Waals surface area contributed by atoms with Gasteiger partial charge in [-0.15, -0.1) is 11.3 Å². The maximum absolute atomic E-state index is 5.35. The molecule has 0 spiro atoms. The van der Waals surface area contributed by atoms with Crippen molar-refractivity contribution in [2.75, 3.05) is 32.8 Å². The third-order valence-electron chi connectivity index (χ3n) is 3.21. The van der Waals surface area contributed by atoms with Crippen LogP contribution in [0.25, 0.3) is 0 Å². The summed E-state index contributed by atoms with van der Waals surface area (Å²) in [7, 11) is 0. The van der Waals surface area contributed by atoms with E-state index in [2.05, 4.69) is 24.0 Å². The molecule has 0 saturated carbocycles. The molecule has 0 N–H and O–H groups in total. The zero-order valence-corrected chi connectivity index (χ0v) is 11.6. The molecular weight excluding hydrogens is 230 g/mol. The summed E-state index contributed by atoms with van der Waals surface area (Å²) in [5.41, 5.74) is 0. The molecule has 3 heteroatoms. The summed E-state index contributed by atoms with van der Waals surface area (Å²) in [6.45, 7) is 7.54. The first-order valence-electron chi connectivity index (χ1n) is 6.76. The summed E-state index contributed by atoms with van der Waals surface area (Å²) in [6.07, 6.45) is 5.03. The second-order valence-electron chi connectivity index (χ2n) is 4.68. The standard InChI is InChI=1S/C14H23NOS/c1-2-4-13-6-7-14(17-13)5-3-8-15-9-11-16-12-10-15/h6-7H,2-5,8-12H2,1H3. The molecule has 1 aliphatic rings. The average Bonchev–Trinajstić information content (AvgIpc) is 2.79. The third kappa shape index (κ3) is 4.41. The molecule has 1 aliphatic heterocycles. The molecule has 0 aliphatic carbocycles. The van der Waals surface area contributed by atoms with E-state index >= 15 is 0 Å². The van der Waals surface area contributed by atoms with Crippen LogP contribution in [-0.2, 0) is 17.6 Å². The Labute approximate surface area is 109 Å². The van der Waals surface area contributed by atoms with Crippen molar-refractivity contribution in [3.63, 3.8) is 0 Å². The van der Waals surface area contributed by atoms with Gasteiger partial charge in [0.15, 0.2) is 0 Å². The van der Waals surface area contributed by atoms with Gasteiger partial charge in [0, 0.05) is 22.8 Å². The highest BCUT2D eigenvalue weighted by atomic mass is 32.1. The molecule has 0 bridgehead atoms. The average molecular weight is 253 g/mol. The van der Waals surface area contributed by atoms with E-state index in [0.717, 1.165) is 26.3 Å². The smallest absolute Gasteiger partial charge is 0.0594 e. The first kappa shape index (κ1) is 13.1. The SMILES string of the molecule is CCCc1ccc(CCCN2CCOCC2)s1. The van der Waals surface area contributed by atoms with Gasteiger partial charge in [-0.25, -0.2) is 0 Å². The van der Waals surface area contributed by atoms with Crippen LogP contribution < -0.4 is 0 Å². The van der Waals surface area contributed by atoms with E-state index in [1.54, 1.807) is 9.75 Å². The van der Waals surface area contributed by atoms with Crippen LogP contribution in [0.4, 0.5) is 0 Å². The van der Waals surface area contributed by atoms with Gasteiger partial charge in [0.1, 0.15) is 0 Å². The molecule has 2 heterocycles. The first-order chi connectivity index (χ1) is 8.38. The van der Waals surface area contributed by atoms with Crippen LogP contribution in [0, 0.1) is 0 Å². The minimum absolute atomic E-state index is 0.916. The third-order valence-corrected chi connectivity index (χ3v) is 4.42. The molecule has 0 radical (unpaired) electrons. The summed E-state index contributed by atoms with van der Waals surface area (Å²) in [6, 6.07) is 4.62. The summed E-state index contributed by atoms with van der Waals surface area (Å²) in [5.74, 6) is 0. The van der Waals surface area contributed by atoms with Crippen molar-refractivity contribution in [1.82, 2.24) is 4.90 Å². The zero-order valence-electron chi connectivity index (χ0n) is 10.8. The van der Waals surface area contributed by atoms with Gasteiger partial charge >= 0.3 is 0 Å². The van der Waals surface area contributed by atoms with E-state index in [1.807, 2.05) is 11.3 Å². The van der Waals surface area contributed by atoms with Gasteiger partial charge in [0.25, 0.3) is 0 Å². The molecule has 1 fully saturated rings. The quantitative estimate of drug-likeness (QED) is 0.773. The highest BCUT2D eigenvalue weighted by Gasteiger charge is 2.09. The van der Waals surface area contributed by atoms with Crippen LogP contribution in [0.5, 0.6) is 0 Å². The van der Waals surface area contributed by atoms with Gasteiger partial charge in [0.05, 0.1) is 13.2 Å². The Hall–Kier alpha value is -0.380.